The number of hydrogen-bond donors (Lipinski definition) is 1. The van der Waals surface area contributed by atoms with Gasteiger partial charge < -0.3 is 5.32 Å². The molecule has 0 radical (unpaired) electrons. The van der Waals surface area contributed by atoms with Crippen LogP contribution < -0.4 is 5.32 Å². The minimum atomic E-state index is -0.236. The average Bonchev–Trinajstić information content (AvgIpc) is 2.86. The van der Waals surface area contributed by atoms with Gasteiger partial charge in [0.25, 0.3) is 0 Å². The Morgan fingerprint density at radius 2 is 2.38 bits per heavy atom. The monoisotopic (exact) mass is 219 g/mol. The highest BCUT2D eigenvalue weighted by atomic mass is 19.1. The van der Waals surface area contributed by atoms with Crippen LogP contribution in [0, 0.1) is 12.9 Å². The number of fused-ring (bicyclic) bond motifs is 1. The van der Waals surface area contributed by atoms with E-state index in [1.807, 2.05) is 13.0 Å². The second kappa shape index (κ2) is 3.56. The van der Waals surface area contributed by atoms with Gasteiger partial charge in [0.1, 0.15) is 5.65 Å². The minimum absolute atomic E-state index is 0.236. The van der Waals surface area contributed by atoms with E-state index in [0.29, 0.717) is 11.6 Å². The van der Waals surface area contributed by atoms with Crippen LogP contribution in [0.25, 0.3) is 5.65 Å². The molecule has 1 unspecified atom stereocenters. The van der Waals surface area contributed by atoms with Gasteiger partial charge in [-0.1, -0.05) is 6.07 Å². The molecule has 0 aliphatic carbocycles. The highest BCUT2D eigenvalue weighted by Gasteiger charge is 2.22. The second-order valence-corrected chi connectivity index (χ2v) is 4.31. The predicted molar refractivity (Wildman–Crippen MR) is 60.1 cm³/mol. The summed E-state index contributed by atoms with van der Waals surface area (Å²) in [6, 6.07) is 5.02. The first-order valence-corrected chi connectivity index (χ1v) is 5.61. The summed E-state index contributed by atoms with van der Waals surface area (Å²) in [6.07, 6.45) is 1.09. The first kappa shape index (κ1) is 9.78. The maximum absolute atomic E-state index is 13.7. The van der Waals surface area contributed by atoms with Crippen molar-refractivity contribution in [3.8, 4) is 0 Å². The van der Waals surface area contributed by atoms with Crippen LogP contribution in [0.2, 0.25) is 0 Å². The number of hydrogen-bond acceptors (Lipinski definition) is 2. The molecule has 3 heterocycles. The number of aryl methyl sites for hydroxylation is 1. The molecule has 0 saturated carbocycles. The third kappa shape index (κ3) is 1.33. The van der Waals surface area contributed by atoms with E-state index in [1.54, 1.807) is 10.5 Å². The van der Waals surface area contributed by atoms with E-state index >= 15 is 0 Å². The fourth-order valence-corrected chi connectivity index (χ4v) is 2.48. The molecular weight excluding hydrogens is 205 g/mol. The molecule has 2 aromatic rings. The zero-order valence-electron chi connectivity index (χ0n) is 9.20. The zero-order valence-corrected chi connectivity index (χ0v) is 9.20. The Bertz CT molecular complexity index is 526. The van der Waals surface area contributed by atoms with Crippen LogP contribution in [0.1, 0.15) is 23.7 Å². The quantitative estimate of drug-likeness (QED) is 0.742. The Hall–Kier alpha value is -1.42. The summed E-state index contributed by atoms with van der Waals surface area (Å²) >= 11 is 0. The Morgan fingerprint density at radius 1 is 1.50 bits per heavy atom. The lowest BCUT2D eigenvalue weighted by Gasteiger charge is -2.05. The van der Waals surface area contributed by atoms with Crippen molar-refractivity contribution in [2.75, 3.05) is 13.1 Å². The summed E-state index contributed by atoms with van der Waals surface area (Å²) in [4.78, 5) is 4.54. The zero-order chi connectivity index (χ0) is 11.1. The van der Waals surface area contributed by atoms with Gasteiger partial charge in [0.2, 0.25) is 0 Å². The van der Waals surface area contributed by atoms with E-state index in [0.717, 1.165) is 30.9 Å². The number of nitrogens with zero attached hydrogens (tertiary/aromatic N) is 2. The van der Waals surface area contributed by atoms with Crippen LogP contribution in [-0.4, -0.2) is 22.5 Å². The van der Waals surface area contributed by atoms with E-state index < -0.39 is 0 Å². The highest BCUT2D eigenvalue weighted by Crippen LogP contribution is 2.25. The minimum Gasteiger partial charge on any atom is -0.316 e. The lowest BCUT2D eigenvalue weighted by Crippen LogP contribution is -2.09. The lowest BCUT2D eigenvalue weighted by atomic mass is 10.0. The number of nitrogens with one attached hydrogen (secondary N) is 1. The fraction of sp³-hybridized carbons (Fsp3) is 0.417. The Kier molecular flexibility index (Phi) is 2.17. The molecule has 1 fully saturated rings. The number of rotatable bonds is 1. The molecule has 4 heteroatoms. The van der Waals surface area contributed by atoms with Crippen LogP contribution in [0.5, 0.6) is 0 Å². The van der Waals surface area contributed by atoms with Gasteiger partial charge in [0.05, 0.1) is 5.69 Å². The summed E-state index contributed by atoms with van der Waals surface area (Å²) in [5, 5.41) is 3.31. The first-order chi connectivity index (χ1) is 7.77. The Labute approximate surface area is 93.3 Å². The smallest absolute Gasteiger partial charge is 0.199 e. The molecule has 0 amide bonds. The molecule has 1 N–H and O–H groups in total. The highest BCUT2D eigenvalue weighted by molar-refractivity contribution is 5.44. The van der Waals surface area contributed by atoms with E-state index in [9.17, 15) is 4.39 Å². The third-order valence-corrected chi connectivity index (χ3v) is 3.31. The average molecular weight is 219 g/mol. The maximum Gasteiger partial charge on any atom is 0.199 e. The lowest BCUT2D eigenvalue weighted by molar-refractivity contribution is 0.562. The van der Waals surface area contributed by atoms with Crippen molar-refractivity contribution >= 4 is 5.65 Å². The summed E-state index contributed by atoms with van der Waals surface area (Å²) in [5.74, 6) is 0.194. The molecule has 16 heavy (non-hydrogen) atoms. The molecule has 1 atom stereocenters. The van der Waals surface area contributed by atoms with Crippen molar-refractivity contribution in [3.05, 3.63) is 35.5 Å². The standard InChI is InChI=1S/C12H14FN3/c1-8-12(9-5-6-14-7-9)15-11-4-2-3-10(13)16(8)11/h2-4,9,14H,5-7H2,1H3. The molecule has 0 aromatic carbocycles. The normalized spacial score (nSPS) is 20.8. The third-order valence-electron chi connectivity index (χ3n) is 3.31. The van der Waals surface area contributed by atoms with Crippen molar-refractivity contribution in [1.82, 2.24) is 14.7 Å². The van der Waals surface area contributed by atoms with Crippen molar-refractivity contribution in [2.24, 2.45) is 0 Å². The number of imidazole rings is 1. The summed E-state index contributed by atoms with van der Waals surface area (Å²) in [7, 11) is 0. The van der Waals surface area contributed by atoms with Gasteiger partial charge in [-0.05, 0) is 32.0 Å². The second-order valence-electron chi connectivity index (χ2n) is 4.31. The van der Waals surface area contributed by atoms with Gasteiger partial charge in [0.15, 0.2) is 5.95 Å². The van der Waals surface area contributed by atoms with Gasteiger partial charge >= 0.3 is 0 Å². The van der Waals surface area contributed by atoms with Gasteiger partial charge in [0, 0.05) is 18.2 Å². The van der Waals surface area contributed by atoms with Crippen molar-refractivity contribution in [3.63, 3.8) is 0 Å². The number of aromatic nitrogens is 2. The molecule has 0 spiro atoms. The molecule has 1 aliphatic heterocycles. The van der Waals surface area contributed by atoms with Gasteiger partial charge in [-0.3, -0.25) is 4.40 Å². The number of halogens is 1. The van der Waals surface area contributed by atoms with Crippen LogP contribution in [0.15, 0.2) is 18.2 Å². The van der Waals surface area contributed by atoms with Crippen LogP contribution in [0.3, 0.4) is 0 Å². The van der Waals surface area contributed by atoms with E-state index in [1.165, 1.54) is 6.07 Å². The van der Waals surface area contributed by atoms with E-state index in [-0.39, 0.29) is 5.95 Å². The SMILES string of the molecule is Cc1c(C2CCNC2)nc2cccc(F)n12. The van der Waals surface area contributed by atoms with Gasteiger partial charge in [-0.25, -0.2) is 4.98 Å². The van der Waals surface area contributed by atoms with Crippen LogP contribution >= 0.6 is 0 Å². The van der Waals surface area contributed by atoms with Crippen molar-refractivity contribution in [2.45, 2.75) is 19.3 Å². The van der Waals surface area contributed by atoms with E-state index in [2.05, 4.69) is 10.3 Å². The van der Waals surface area contributed by atoms with Crippen LogP contribution in [-0.2, 0) is 0 Å². The Morgan fingerprint density at radius 3 is 3.06 bits per heavy atom. The molecule has 3 rings (SSSR count). The van der Waals surface area contributed by atoms with E-state index in [4.69, 9.17) is 0 Å². The van der Waals surface area contributed by atoms with Gasteiger partial charge in [-0.2, -0.15) is 4.39 Å². The topological polar surface area (TPSA) is 29.3 Å². The molecule has 2 aromatic heterocycles. The van der Waals surface area contributed by atoms with Crippen LogP contribution in [0.4, 0.5) is 4.39 Å². The van der Waals surface area contributed by atoms with Crippen molar-refractivity contribution in [1.29, 1.82) is 0 Å². The first-order valence-electron chi connectivity index (χ1n) is 5.61. The molecule has 84 valence electrons. The predicted octanol–water partition coefficient (Wildman–Crippen LogP) is 1.86. The molecule has 1 aliphatic rings. The molecular formula is C12H14FN3. The summed E-state index contributed by atoms with van der Waals surface area (Å²) in [6.45, 7) is 3.92. The fourth-order valence-electron chi connectivity index (χ4n) is 2.48. The summed E-state index contributed by atoms with van der Waals surface area (Å²) in [5.41, 5.74) is 2.68. The largest absolute Gasteiger partial charge is 0.316 e. The Balaban J connectivity index is 2.19. The molecule has 0 bridgehead atoms. The maximum atomic E-state index is 13.7. The van der Waals surface area contributed by atoms with Gasteiger partial charge in [-0.15, -0.1) is 0 Å². The molecule has 1 saturated heterocycles. The summed E-state index contributed by atoms with van der Waals surface area (Å²) < 4.78 is 15.2. The molecule has 3 nitrogen and oxygen atoms in total. The number of pyridine rings is 1. The van der Waals surface area contributed by atoms with Crippen molar-refractivity contribution < 1.29 is 4.39 Å².